The average Bonchev–Trinajstić information content (AvgIpc) is 3.07. The molecule has 1 aromatic heterocycles. The second-order valence-electron chi connectivity index (χ2n) is 5.75. The summed E-state index contributed by atoms with van der Waals surface area (Å²) in [6.45, 7) is 3.18. The molecule has 1 aromatic carbocycles. The van der Waals surface area contributed by atoms with E-state index < -0.39 is 11.5 Å². The number of carbonyl (C=O) groups is 3. The molecule has 1 aliphatic heterocycles. The highest BCUT2D eigenvalue weighted by atomic mass is 32.1. The van der Waals surface area contributed by atoms with Gasteiger partial charge in [0.05, 0.1) is 22.6 Å². The van der Waals surface area contributed by atoms with Gasteiger partial charge in [-0.25, -0.2) is 0 Å². The van der Waals surface area contributed by atoms with E-state index in [4.69, 9.17) is 4.74 Å². The summed E-state index contributed by atoms with van der Waals surface area (Å²) < 4.78 is 5.64. The van der Waals surface area contributed by atoms with Gasteiger partial charge in [-0.15, -0.1) is 11.3 Å². The van der Waals surface area contributed by atoms with Crippen LogP contribution in [0.25, 0.3) is 0 Å². The molecule has 3 rings (SSSR count). The van der Waals surface area contributed by atoms with Crippen LogP contribution >= 0.6 is 11.3 Å². The lowest BCUT2D eigenvalue weighted by Gasteiger charge is -2.31. The maximum Gasteiger partial charge on any atom is 0.268 e. The number of ether oxygens (including phenoxy) is 1. The van der Waals surface area contributed by atoms with E-state index in [1.165, 1.54) is 17.5 Å². The fourth-order valence-corrected chi connectivity index (χ4v) is 2.71. The molecule has 7 nitrogen and oxygen atoms in total. The number of aromatic nitrogens is 1. The van der Waals surface area contributed by atoms with Gasteiger partial charge < -0.3 is 15.4 Å². The Morgan fingerprint density at radius 3 is 2.88 bits per heavy atom. The quantitative estimate of drug-likeness (QED) is 0.825. The number of fused-ring (bicyclic) bond motifs is 1. The second-order valence-corrected chi connectivity index (χ2v) is 6.64. The number of anilines is 1. The monoisotopic (exact) mass is 345 g/mol. The van der Waals surface area contributed by atoms with Crippen LogP contribution in [0.15, 0.2) is 29.9 Å². The molecular formula is C16H15N3O4S. The van der Waals surface area contributed by atoms with Crippen LogP contribution in [-0.2, 0) is 4.79 Å². The molecule has 2 amide bonds. The first-order chi connectivity index (χ1) is 11.4. The van der Waals surface area contributed by atoms with E-state index in [-0.39, 0.29) is 18.2 Å². The second kappa shape index (κ2) is 6.04. The minimum Gasteiger partial charge on any atom is -0.476 e. The van der Waals surface area contributed by atoms with Crippen molar-refractivity contribution in [2.75, 3.05) is 11.9 Å². The summed E-state index contributed by atoms with van der Waals surface area (Å²) in [6, 6.07) is 4.71. The maximum atomic E-state index is 12.2. The molecule has 0 spiro atoms. The molecule has 0 fully saturated rings. The highest BCUT2D eigenvalue weighted by Crippen LogP contribution is 2.34. The van der Waals surface area contributed by atoms with Crippen LogP contribution in [-0.4, -0.2) is 34.7 Å². The highest BCUT2D eigenvalue weighted by molar-refractivity contribution is 7.11. The molecular weight excluding hydrogens is 330 g/mol. The van der Waals surface area contributed by atoms with E-state index in [1.54, 1.807) is 37.6 Å². The van der Waals surface area contributed by atoms with Crippen molar-refractivity contribution in [3.05, 3.63) is 40.3 Å². The number of thiazole rings is 1. The lowest BCUT2D eigenvalue weighted by molar-refractivity contribution is -0.129. The van der Waals surface area contributed by atoms with Gasteiger partial charge in [0, 0.05) is 11.8 Å². The summed E-state index contributed by atoms with van der Waals surface area (Å²) in [5.74, 6) is -0.425. The number of Topliss-reactive ketones (excluding diaryl/α,β-unsaturated/α-hetero) is 1. The van der Waals surface area contributed by atoms with Crippen molar-refractivity contribution in [1.29, 1.82) is 0 Å². The van der Waals surface area contributed by atoms with Crippen molar-refractivity contribution < 1.29 is 19.1 Å². The van der Waals surface area contributed by atoms with Gasteiger partial charge in [0.25, 0.3) is 11.8 Å². The Bertz CT molecular complexity index is 815. The number of ketones is 1. The molecule has 24 heavy (non-hydrogen) atoms. The van der Waals surface area contributed by atoms with E-state index in [0.29, 0.717) is 21.9 Å². The lowest BCUT2D eigenvalue weighted by atomic mass is 10.0. The van der Waals surface area contributed by atoms with Crippen LogP contribution < -0.4 is 15.4 Å². The zero-order chi connectivity index (χ0) is 17.3. The Morgan fingerprint density at radius 2 is 2.17 bits per heavy atom. The Labute approximate surface area is 142 Å². The van der Waals surface area contributed by atoms with Crippen LogP contribution in [0.3, 0.4) is 0 Å². The van der Waals surface area contributed by atoms with Crippen molar-refractivity contribution in [3.63, 3.8) is 0 Å². The number of benzene rings is 1. The SMILES string of the molecule is CC1(C)Oc2cc(C(=O)NCC(=O)c3cncs3)ccc2NC1=O. The van der Waals surface area contributed by atoms with Gasteiger partial charge in [-0.3, -0.25) is 19.4 Å². The predicted octanol–water partition coefficient (Wildman–Crippen LogP) is 1.87. The number of hydrogen-bond donors (Lipinski definition) is 2. The molecule has 124 valence electrons. The molecule has 0 aliphatic carbocycles. The average molecular weight is 345 g/mol. The predicted molar refractivity (Wildman–Crippen MR) is 88.6 cm³/mol. The van der Waals surface area contributed by atoms with Crippen LogP contribution in [0.1, 0.15) is 33.9 Å². The normalized spacial score (nSPS) is 15.0. The number of carbonyl (C=O) groups excluding carboxylic acids is 3. The van der Waals surface area contributed by atoms with E-state index in [0.717, 1.165) is 0 Å². The Morgan fingerprint density at radius 1 is 1.38 bits per heavy atom. The lowest BCUT2D eigenvalue weighted by Crippen LogP contribution is -2.45. The standard InChI is InChI=1S/C16H15N3O4S/c1-16(2)15(22)19-10-4-3-9(5-12(10)23-16)14(21)18-6-11(20)13-7-17-8-24-13/h3-5,7-8H,6H2,1-2H3,(H,18,21)(H,19,22). The van der Waals surface area contributed by atoms with Crippen molar-refractivity contribution >= 4 is 34.6 Å². The summed E-state index contributed by atoms with van der Waals surface area (Å²) in [5.41, 5.74) is 1.41. The Hall–Kier alpha value is -2.74. The molecule has 2 aromatic rings. The van der Waals surface area contributed by atoms with E-state index in [2.05, 4.69) is 15.6 Å². The maximum absolute atomic E-state index is 12.2. The molecule has 2 N–H and O–H groups in total. The fourth-order valence-electron chi connectivity index (χ4n) is 2.15. The van der Waals surface area contributed by atoms with Gasteiger partial charge in [0.2, 0.25) is 0 Å². The zero-order valence-electron chi connectivity index (χ0n) is 13.1. The van der Waals surface area contributed by atoms with Gasteiger partial charge in [-0.05, 0) is 32.0 Å². The van der Waals surface area contributed by atoms with Gasteiger partial charge >= 0.3 is 0 Å². The summed E-state index contributed by atoms with van der Waals surface area (Å²) in [6.07, 6.45) is 1.47. The topological polar surface area (TPSA) is 97.4 Å². The fraction of sp³-hybridized carbons (Fsp3) is 0.250. The van der Waals surface area contributed by atoms with Crippen molar-refractivity contribution in [2.24, 2.45) is 0 Å². The van der Waals surface area contributed by atoms with Crippen LogP contribution in [0.5, 0.6) is 5.75 Å². The third kappa shape index (κ3) is 3.13. The molecule has 2 heterocycles. The highest BCUT2D eigenvalue weighted by Gasteiger charge is 2.35. The third-order valence-corrected chi connectivity index (χ3v) is 4.33. The number of nitrogens with one attached hydrogen (secondary N) is 2. The minimum atomic E-state index is -1.01. The first-order valence-corrected chi connectivity index (χ1v) is 8.09. The number of rotatable bonds is 4. The first kappa shape index (κ1) is 16.1. The summed E-state index contributed by atoms with van der Waals surface area (Å²) in [7, 11) is 0. The number of nitrogens with zero attached hydrogens (tertiary/aromatic N) is 1. The summed E-state index contributed by atoms with van der Waals surface area (Å²) in [5, 5.41) is 5.30. The molecule has 0 bridgehead atoms. The van der Waals surface area contributed by atoms with Crippen molar-refractivity contribution in [2.45, 2.75) is 19.4 Å². The summed E-state index contributed by atoms with van der Waals surface area (Å²) >= 11 is 1.22. The van der Waals surface area contributed by atoms with E-state index in [1.807, 2.05) is 0 Å². The largest absolute Gasteiger partial charge is 0.476 e. The molecule has 0 saturated carbocycles. The molecule has 0 atom stereocenters. The molecule has 8 heteroatoms. The van der Waals surface area contributed by atoms with Crippen molar-refractivity contribution in [3.8, 4) is 5.75 Å². The first-order valence-electron chi connectivity index (χ1n) is 7.21. The molecule has 1 aliphatic rings. The van der Waals surface area contributed by atoms with Crippen LogP contribution in [0.2, 0.25) is 0 Å². The third-order valence-electron chi connectivity index (χ3n) is 3.52. The van der Waals surface area contributed by atoms with Crippen LogP contribution in [0.4, 0.5) is 5.69 Å². The van der Waals surface area contributed by atoms with E-state index in [9.17, 15) is 14.4 Å². The molecule has 0 radical (unpaired) electrons. The Kier molecular flexibility index (Phi) is 4.06. The zero-order valence-corrected chi connectivity index (χ0v) is 13.9. The molecule has 0 saturated heterocycles. The van der Waals surface area contributed by atoms with E-state index >= 15 is 0 Å². The van der Waals surface area contributed by atoms with Gasteiger partial charge in [0.15, 0.2) is 11.4 Å². The number of hydrogen-bond acceptors (Lipinski definition) is 6. The van der Waals surface area contributed by atoms with Crippen molar-refractivity contribution in [1.82, 2.24) is 10.3 Å². The summed E-state index contributed by atoms with van der Waals surface area (Å²) in [4.78, 5) is 40.2. The smallest absolute Gasteiger partial charge is 0.268 e. The number of amides is 2. The Balaban J connectivity index is 1.70. The van der Waals surface area contributed by atoms with Gasteiger partial charge in [-0.1, -0.05) is 0 Å². The molecule has 0 unspecified atom stereocenters. The minimum absolute atomic E-state index is 0.110. The van der Waals surface area contributed by atoms with Crippen LogP contribution in [0, 0.1) is 0 Å². The van der Waals surface area contributed by atoms with Gasteiger partial charge in [0.1, 0.15) is 5.75 Å². The van der Waals surface area contributed by atoms with Gasteiger partial charge in [-0.2, -0.15) is 0 Å².